The topological polar surface area (TPSA) is 38.7 Å². The summed E-state index contributed by atoms with van der Waals surface area (Å²) < 4.78 is 0. The maximum Gasteiger partial charge on any atom is 0.222 e. The Morgan fingerprint density at radius 2 is 1.71 bits per heavy atom. The van der Waals surface area contributed by atoms with Gasteiger partial charge in [-0.15, -0.1) is 0 Å². The second kappa shape index (κ2) is 3.90. The summed E-state index contributed by atoms with van der Waals surface area (Å²) in [5.41, 5.74) is 1.34. The first-order valence-corrected chi connectivity index (χ1v) is 4.63. The van der Waals surface area contributed by atoms with Crippen LogP contribution >= 0.6 is 23.2 Å². The Bertz CT molecular complexity index is 416. The summed E-state index contributed by atoms with van der Waals surface area (Å²) >= 11 is 11.4. The second-order valence-electron chi connectivity index (χ2n) is 2.56. The lowest BCUT2D eigenvalue weighted by Crippen LogP contribution is -1.89. The molecule has 2 rings (SSSR count). The van der Waals surface area contributed by atoms with Gasteiger partial charge in [0.1, 0.15) is 5.15 Å². The fourth-order valence-electron chi connectivity index (χ4n) is 1.03. The predicted molar refractivity (Wildman–Crippen MR) is 55.3 cm³/mol. The van der Waals surface area contributed by atoms with Crippen molar-refractivity contribution in [3.63, 3.8) is 0 Å². The minimum atomic E-state index is 0.198. The Hall–Kier alpha value is -1.19. The van der Waals surface area contributed by atoms with Gasteiger partial charge >= 0.3 is 0 Å². The van der Waals surface area contributed by atoms with Crippen molar-refractivity contribution in [2.24, 2.45) is 0 Å². The second-order valence-corrected chi connectivity index (χ2v) is 3.28. The Morgan fingerprint density at radius 3 is 2.43 bits per heavy atom. The van der Waals surface area contributed by atoms with Crippen molar-refractivity contribution in [1.29, 1.82) is 0 Å². The van der Waals surface area contributed by atoms with Gasteiger partial charge in [0, 0.05) is 6.20 Å². The zero-order valence-corrected chi connectivity index (χ0v) is 8.50. The summed E-state index contributed by atoms with van der Waals surface area (Å²) in [6, 6.07) is 7.05. The van der Waals surface area contributed by atoms with E-state index in [0.29, 0.717) is 16.5 Å². The average molecular weight is 226 g/mol. The molecule has 14 heavy (non-hydrogen) atoms. The van der Waals surface area contributed by atoms with E-state index in [-0.39, 0.29) is 5.28 Å². The van der Waals surface area contributed by atoms with E-state index >= 15 is 0 Å². The highest BCUT2D eigenvalue weighted by atomic mass is 35.5. The maximum absolute atomic E-state index is 5.75. The molecule has 0 aliphatic carbocycles. The summed E-state index contributed by atoms with van der Waals surface area (Å²) in [6.45, 7) is 0. The number of nitrogens with zero attached hydrogens (tertiary/aromatic N) is 3. The maximum atomic E-state index is 5.75. The number of halogens is 2. The van der Waals surface area contributed by atoms with Crippen LogP contribution in [0.2, 0.25) is 10.4 Å². The number of hydrogen-bond donors (Lipinski definition) is 0. The lowest BCUT2D eigenvalue weighted by molar-refractivity contribution is 1.15. The van der Waals surface area contributed by atoms with Crippen molar-refractivity contribution in [3.05, 3.63) is 40.9 Å². The third-order valence-corrected chi connectivity index (χ3v) is 2.00. The molecule has 2 aromatic rings. The van der Waals surface area contributed by atoms with Gasteiger partial charge in [-0.25, -0.2) is 15.0 Å². The predicted octanol–water partition coefficient (Wildman–Crippen LogP) is 2.85. The van der Waals surface area contributed by atoms with Gasteiger partial charge in [0.15, 0.2) is 0 Å². The Balaban J connectivity index is 2.49. The van der Waals surface area contributed by atoms with E-state index in [1.807, 2.05) is 6.07 Å². The molecular weight excluding hydrogens is 221 g/mol. The minimum Gasteiger partial charge on any atom is -0.234 e. The fraction of sp³-hybridized carbons (Fsp3) is 0. The van der Waals surface area contributed by atoms with E-state index in [1.54, 1.807) is 24.4 Å². The molecule has 0 atom stereocenters. The van der Waals surface area contributed by atoms with Crippen molar-refractivity contribution in [2.45, 2.75) is 0 Å². The van der Waals surface area contributed by atoms with Crippen LogP contribution < -0.4 is 0 Å². The Kier molecular flexibility index (Phi) is 2.61. The molecule has 0 aliphatic heterocycles. The highest BCUT2D eigenvalue weighted by molar-refractivity contribution is 6.29. The van der Waals surface area contributed by atoms with Gasteiger partial charge in [-0.05, 0) is 29.8 Å². The molecule has 2 aromatic heterocycles. The molecule has 0 radical (unpaired) electrons. The highest BCUT2D eigenvalue weighted by Crippen LogP contribution is 2.17. The molecule has 0 aromatic carbocycles. The molecule has 0 spiro atoms. The third kappa shape index (κ3) is 2.00. The summed E-state index contributed by atoms with van der Waals surface area (Å²) in [6.07, 6.45) is 1.58. The molecular formula is C9H5Cl2N3. The molecule has 0 amide bonds. The van der Waals surface area contributed by atoms with Gasteiger partial charge in [0.25, 0.3) is 0 Å². The SMILES string of the molecule is Clc1cccc(-c2ccnc(Cl)n2)n1. The lowest BCUT2D eigenvalue weighted by atomic mass is 10.3. The van der Waals surface area contributed by atoms with Crippen LogP contribution in [0.15, 0.2) is 30.5 Å². The van der Waals surface area contributed by atoms with Crippen LogP contribution in [0.25, 0.3) is 11.4 Å². The van der Waals surface area contributed by atoms with Crippen molar-refractivity contribution < 1.29 is 0 Å². The van der Waals surface area contributed by atoms with Crippen LogP contribution in [0.3, 0.4) is 0 Å². The molecule has 0 bridgehead atoms. The Labute approximate surface area is 90.8 Å². The quantitative estimate of drug-likeness (QED) is 0.554. The highest BCUT2D eigenvalue weighted by Gasteiger charge is 2.02. The number of rotatable bonds is 1. The van der Waals surface area contributed by atoms with Crippen molar-refractivity contribution >= 4 is 23.2 Å². The third-order valence-electron chi connectivity index (χ3n) is 1.60. The number of pyridine rings is 1. The normalized spacial score (nSPS) is 10.1. The van der Waals surface area contributed by atoms with E-state index in [2.05, 4.69) is 15.0 Å². The summed E-state index contributed by atoms with van der Waals surface area (Å²) in [4.78, 5) is 11.9. The van der Waals surface area contributed by atoms with Crippen LogP contribution in [0.5, 0.6) is 0 Å². The van der Waals surface area contributed by atoms with Gasteiger partial charge in [-0.1, -0.05) is 17.7 Å². The summed E-state index contributed by atoms with van der Waals surface area (Å²) in [5, 5.41) is 0.626. The fourth-order valence-corrected chi connectivity index (χ4v) is 1.34. The van der Waals surface area contributed by atoms with Gasteiger partial charge < -0.3 is 0 Å². The van der Waals surface area contributed by atoms with Crippen molar-refractivity contribution in [3.8, 4) is 11.4 Å². The standard InChI is InChI=1S/C9H5Cl2N3/c10-8-3-1-2-6(13-8)7-4-5-12-9(11)14-7/h1-5H. The van der Waals surface area contributed by atoms with E-state index in [4.69, 9.17) is 23.2 Å². The molecule has 0 unspecified atom stereocenters. The molecule has 5 heteroatoms. The van der Waals surface area contributed by atoms with Gasteiger partial charge in [-0.3, -0.25) is 0 Å². The van der Waals surface area contributed by atoms with Gasteiger partial charge in [0.2, 0.25) is 5.28 Å². The first-order valence-electron chi connectivity index (χ1n) is 3.87. The van der Waals surface area contributed by atoms with Crippen molar-refractivity contribution in [1.82, 2.24) is 15.0 Å². The van der Waals surface area contributed by atoms with Crippen LogP contribution in [0.1, 0.15) is 0 Å². The molecule has 70 valence electrons. The van der Waals surface area contributed by atoms with E-state index in [0.717, 1.165) is 0 Å². The average Bonchev–Trinajstić information content (AvgIpc) is 2.18. The number of aromatic nitrogens is 3. The molecule has 0 aliphatic rings. The van der Waals surface area contributed by atoms with Gasteiger partial charge in [0.05, 0.1) is 11.4 Å². The zero-order valence-electron chi connectivity index (χ0n) is 6.98. The molecule has 0 N–H and O–H groups in total. The lowest BCUT2D eigenvalue weighted by Gasteiger charge is -1.99. The monoisotopic (exact) mass is 225 g/mol. The number of hydrogen-bond acceptors (Lipinski definition) is 3. The first-order chi connectivity index (χ1) is 6.75. The minimum absolute atomic E-state index is 0.198. The molecule has 0 fully saturated rings. The molecule has 0 saturated carbocycles. The largest absolute Gasteiger partial charge is 0.234 e. The molecule has 0 saturated heterocycles. The van der Waals surface area contributed by atoms with E-state index in [1.165, 1.54) is 0 Å². The summed E-state index contributed by atoms with van der Waals surface area (Å²) in [7, 11) is 0. The Morgan fingerprint density at radius 1 is 0.929 bits per heavy atom. The van der Waals surface area contributed by atoms with Gasteiger partial charge in [-0.2, -0.15) is 0 Å². The van der Waals surface area contributed by atoms with E-state index < -0.39 is 0 Å². The molecule has 2 heterocycles. The van der Waals surface area contributed by atoms with E-state index in [9.17, 15) is 0 Å². The van der Waals surface area contributed by atoms with Crippen LogP contribution in [0, 0.1) is 0 Å². The van der Waals surface area contributed by atoms with Crippen LogP contribution in [-0.2, 0) is 0 Å². The molecule has 3 nitrogen and oxygen atoms in total. The van der Waals surface area contributed by atoms with Crippen LogP contribution in [-0.4, -0.2) is 15.0 Å². The first kappa shape index (κ1) is 9.37. The van der Waals surface area contributed by atoms with Crippen molar-refractivity contribution in [2.75, 3.05) is 0 Å². The zero-order chi connectivity index (χ0) is 9.97. The van der Waals surface area contributed by atoms with Crippen LogP contribution in [0.4, 0.5) is 0 Å². The summed E-state index contributed by atoms with van der Waals surface area (Å²) in [5.74, 6) is 0. The smallest absolute Gasteiger partial charge is 0.222 e.